The smallest absolute Gasteiger partial charge is 0.231 e. The molecule has 1 N–H and O–H groups in total. The van der Waals surface area contributed by atoms with E-state index in [1.54, 1.807) is 0 Å². The van der Waals surface area contributed by atoms with Crippen molar-refractivity contribution in [2.75, 3.05) is 31.3 Å². The second-order valence-electron chi connectivity index (χ2n) is 4.44. The van der Waals surface area contributed by atoms with Crippen LogP contribution >= 0.6 is 0 Å². The molecule has 5 heteroatoms. The van der Waals surface area contributed by atoms with Crippen molar-refractivity contribution in [3.8, 4) is 11.5 Å². The summed E-state index contributed by atoms with van der Waals surface area (Å²) in [6, 6.07) is 5.66. The zero-order valence-corrected chi connectivity index (χ0v) is 10.1. The van der Waals surface area contributed by atoms with Crippen LogP contribution in [0.1, 0.15) is 12.8 Å². The van der Waals surface area contributed by atoms with Gasteiger partial charge in [0.05, 0.1) is 0 Å². The van der Waals surface area contributed by atoms with E-state index in [9.17, 15) is 4.79 Å². The summed E-state index contributed by atoms with van der Waals surface area (Å²) < 4.78 is 10.6. The van der Waals surface area contributed by atoms with Crippen LogP contribution in [-0.4, -0.2) is 32.3 Å². The summed E-state index contributed by atoms with van der Waals surface area (Å²) >= 11 is 0. The Bertz CT molecular complexity index is 462. The average molecular weight is 248 g/mol. The van der Waals surface area contributed by atoms with E-state index in [4.69, 9.17) is 9.47 Å². The third-order valence-corrected chi connectivity index (χ3v) is 3.22. The molecule has 1 saturated heterocycles. The number of benzene rings is 1. The quantitative estimate of drug-likeness (QED) is 0.809. The first-order chi connectivity index (χ1) is 8.84. The molecule has 0 spiro atoms. The maximum atomic E-state index is 12.1. The summed E-state index contributed by atoms with van der Waals surface area (Å²) in [6.07, 6.45) is 1.49. The molecule has 0 atom stereocenters. The van der Waals surface area contributed by atoms with Crippen LogP contribution in [-0.2, 0) is 4.79 Å². The van der Waals surface area contributed by atoms with Crippen LogP contribution in [0.25, 0.3) is 0 Å². The monoisotopic (exact) mass is 248 g/mol. The van der Waals surface area contributed by atoms with Gasteiger partial charge < -0.3 is 19.7 Å². The molecule has 2 heterocycles. The van der Waals surface area contributed by atoms with Gasteiger partial charge >= 0.3 is 0 Å². The number of carbonyl (C=O) groups excluding carboxylic acids is 1. The predicted octanol–water partition coefficient (Wildman–Crippen LogP) is 1.13. The van der Waals surface area contributed by atoms with Gasteiger partial charge in [-0.05, 0) is 25.1 Å². The fourth-order valence-electron chi connectivity index (χ4n) is 2.27. The van der Waals surface area contributed by atoms with Crippen LogP contribution in [0.15, 0.2) is 18.2 Å². The molecule has 1 fully saturated rings. The first-order valence-corrected chi connectivity index (χ1v) is 6.25. The number of anilines is 1. The molecule has 0 aromatic heterocycles. The number of amides is 1. The van der Waals surface area contributed by atoms with Gasteiger partial charge in [-0.25, -0.2) is 0 Å². The van der Waals surface area contributed by atoms with Crippen LogP contribution in [0.5, 0.6) is 11.5 Å². The van der Waals surface area contributed by atoms with Crippen molar-refractivity contribution in [1.29, 1.82) is 0 Å². The summed E-state index contributed by atoms with van der Waals surface area (Å²) in [6.45, 7) is 2.70. The van der Waals surface area contributed by atoms with E-state index in [2.05, 4.69) is 5.32 Å². The van der Waals surface area contributed by atoms with Crippen molar-refractivity contribution in [1.82, 2.24) is 5.32 Å². The number of carbonyl (C=O) groups is 1. The van der Waals surface area contributed by atoms with Gasteiger partial charge in [0.25, 0.3) is 0 Å². The van der Waals surface area contributed by atoms with E-state index in [-0.39, 0.29) is 12.7 Å². The van der Waals surface area contributed by atoms with Gasteiger partial charge in [-0.15, -0.1) is 0 Å². The summed E-state index contributed by atoms with van der Waals surface area (Å²) in [5, 5.41) is 3.24. The molecule has 18 heavy (non-hydrogen) atoms. The molecule has 0 unspecified atom stereocenters. The minimum Gasteiger partial charge on any atom is -0.454 e. The van der Waals surface area contributed by atoms with Crippen molar-refractivity contribution in [3.05, 3.63) is 18.2 Å². The van der Waals surface area contributed by atoms with Crippen molar-refractivity contribution < 1.29 is 14.3 Å². The molecular weight excluding hydrogens is 232 g/mol. The van der Waals surface area contributed by atoms with Gasteiger partial charge in [-0.1, -0.05) is 0 Å². The number of ether oxygens (including phenoxy) is 2. The molecule has 0 radical (unpaired) electrons. The molecule has 1 aromatic carbocycles. The second-order valence-corrected chi connectivity index (χ2v) is 4.44. The van der Waals surface area contributed by atoms with Gasteiger partial charge in [0.2, 0.25) is 12.7 Å². The summed E-state index contributed by atoms with van der Waals surface area (Å²) in [4.78, 5) is 13.9. The van der Waals surface area contributed by atoms with Crippen LogP contribution in [0.4, 0.5) is 5.69 Å². The third-order valence-electron chi connectivity index (χ3n) is 3.22. The lowest BCUT2D eigenvalue weighted by molar-refractivity contribution is -0.118. The fourth-order valence-corrected chi connectivity index (χ4v) is 2.27. The first-order valence-electron chi connectivity index (χ1n) is 6.25. The highest BCUT2D eigenvalue weighted by Gasteiger charge is 2.20. The third kappa shape index (κ3) is 2.13. The normalized spacial score (nSPS) is 19.6. The highest BCUT2D eigenvalue weighted by molar-refractivity contribution is 5.93. The number of fused-ring (bicyclic) bond motifs is 1. The molecule has 2 aliphatic heterocycles. The number of nitrogens with zero attached hydrogens (tertiary/aromatic N) is 1. The first kappa shape index (κ1) is 11.3. The Labute approximate surface area is 106 Å². The van der Waals surface area contributed by atoms with Crippen molar-refractivity contribution >= 4 is 11.6 Å². The van der Waals surface area contributed by atoms with E-state index < -0.39 is 0 Å². The van der Waals surface area contributed by atoms with Crippen molar-refractivity contribution in [2.24, 2.45) is 0 Å². The van der Waals surface area contributed by atoms with Crippen LogP contribution in [0.2, 0.25) is 0 Å². The van der Waals surface area contributed by atoms with E-state index in [0.717, 1.165) is 43.2 Å². The lowest BCUT2D eigenvalue weighted by Crippen LogP contribution is -2.38. The standard InChI is InChI=1S/C13H16N2O3/c16-13-4-6-14-5-1-7-15(13)10-2-3-11-12(8-10)18-9-17-11/h2-3,8,14H,1,4-7,9H2. The summed E-state index contributed by atoms with van der Waals surface area (Å²) in [7, 11) is 0. The topological polar surface area (TPSA) is 50.8 Å². The molecule has 96 valence electrons. The Kier molecular flexibility index (Phi) is 3.06. The van der Waals surface area contributed by atoms with Crippen molar-refractivity contribution in [3.63, 3.8) is 0 Å². The summed E-state index contributed by atoms with van der Waals surface area (Å²) in [5.41, 5.74) is 0.895. The van der Waals surface area contributed by atoms with Crippen molar-refractivity contribution in [2.45, 2.75) is 12.8 Å². The van der Waals surface area contributed by atoms with Crippen LogP contribution in [0.3, 0.4) is 0 Å². The molecule has 0 bridgehead atoms. The highest BCUT2D eigenvalue weighted by Crippen LogP contribution is 2.35. The molecule has 2 aliphatic rings. The van der Waals surface area contributed by atoms with Gasteiger partial charge in [0.15, 0.2) is 11.5 Å². The Morgan fingerprint density at radius 3 is 3.00 bits per heavy atom. The predicted molar refractivity (Wildman–Crippen MR) is 67.0 cm³/mol. The Hall–Kier alpha value is -1.75. The van der Waals surface area contributed by atoms with Crippen LogP contribution in [0, 0.1) is 0 Å². The molecule has 1 amide bonds. The minimum atomic E-state index is 0.154. The van der Waals surface area contributed by atoms with E-state index in [0.29, 0.717) is 6.42 Å². The lowest BCUT2D eigenvalue weighted by atomic mass is 10.2. The molecule has 0 saturated carbocycles. The van der Waals surface area contributed by atoms with E-state index in [1.165, 1.54) is 0 Å². The zero-order chi connectivity index (χ0) is 12.4. The van der Waals surface area contributed by atoms with Gasteiger partial charge in [-0.2, -0.15) is 0 Å². The number of rotatable bonds is 1. The Morgan fingerprint density at radius 2 is 2.06 bits per heavy atom. The molecule has 0 aliphatic carbocycles. The maximum Gasteiger partial charge on any atom is 0.231 e. The number of nitrogens with one attached hydrogen (secondary N) is 1. The number of hydrogen-bond donors (Lipinski definition) is 1. The number of hydrogen-bond acceptors (Lipinski definition) is 4. The zero-order valence-electron chi connectivity index (χ0n) is 10.1. The molecule has 5 nitrogen and oxygen atoms in total. The SMILES string of the molecule is O=C1CCNCCCN1c1ccc2c(c1)OCO2. The minimum absolute atomic E-state index is 0.154. The van der Waals surface area contributed by atoms with Gasteiger partial charge in [0.1, 0.15) is 0 Å². The second kappa shape index (κ2) is 4.86. The summed E-state index contributed by atoms with van der Waals surface area (Å²) in [5.74, 6) is 1.63. The Balaban J connectivity index is 1.85. The molecule has 3 rings (SSSR count). The van der Waals surface area contributed by atoms with E-state index >= 15 is 0 Å². The lowest BCUT2D eigenvalue weighted by Gasteiger charge is -2.25. The van der Waals surface area contributed by atoms with Gasteiger partial charge in [-0.3, -0.25) is 4.79 Å². The highest BCUT2D eigenvalue weighted by atomic mass is 16.7. The Morgan fingerprint density at radius 1 is 1.17 bits per heavy atom. The fraction of sp³-hybridized carbons (Fsp3) is 0.462. The average Bonchev–Trinajstić information content (AvgIpc) is 2.81. The maximum absolute atomic E-state index is 12.1. The van der Waals surface area contributed by atoms with Crippen LogP contribution < -0.4 is 19.7 Å². The molecule has 1 aromatic rings. The van der Waals surface area contributed by atoms with Gasteiger partial charge in [0, 0.05) is 31.3 Å². The largest absolute Gasteiger partial charge is 0.454 e. The molecular formula is C13H16N2O3. The van der Waals surface area contributed by atoms with E-state index in [1.807, 2.05) is 23.1 Å².